The summed E-state index contributed by atoms with van der Waals surface area (Å²) in [4.78, 5) is 6.62. The number of H-pyrrole nitrogens is 1. The van der Waals surface area contributed by atoms with Crippen LogP contribution in [0.2, 0.25) is 0 Å². The number of nitrogens with zero attached hydrogens (tertiary/aromatic N) is 2. The fourth-order valence-corrected chi connectivity index (χ4v) is 2.77. The lowest BCUT2D eigenvalue weighted by molar-refractivity contribution is 0.291. The number of hydrogen-bond donors (Lipinski definition) is 2. The van der Waals surface area contributed by atoms with Crippen LogP contribution in [0.1, 0.15) is 19.7 Å². The molecule has 0 saturated heterocycles. The molecule has 0 spiro atoms. The molecule has 1 aromatic heterocycles. The minimum absolute atomic E-state index is 0.116. The fourth-order valence-electron chi connectivity index (χ4n) is 1.45. The first-order valence-corrected chi connectivity index (χ1v) is 6.81. The van der Waals surface area contributed by atoms with Gasteiger partial charge in [-0.1, -0.05) is 13.8 Å². The highest BCUT2D eigenvalue weighted by atomic mass is 32.2. The van der Waals surface area contributed by atoms with E-state index in [1.807, 2.05) is 13.8 Å². The van der Waals surface area contributed by atoms with E-state index in [1.54, 1.807) is 14.0 Å². The highest BCUT2D eigenvalue weighted by Gasteiger charge is 2.28. The zero-order valence-electron chi connectivity index (χ0n) is 10.7. The molecule has 0 saturated carbocycles. The van der Waals surface area contributed by atoms with Crippen molar-refractivity contribution in [3.63, 3.8) is 0 Å². The third kappa shape index (κ3) is 3.27. The van der Waals surface area contributed by atoms with Crippen molar-refractivity contribution >= 4 is 10.0 Å². The number of aromatic amines is 1. The topological polar surface area (TPSA) is 92.1 Å². The second-order valence-electron chi connectivity index (χ2n) is 4.96. The van der Waals surface area contributed by atoms with Gasteiger partial charge < -0.3 is 10.7 Å². The van der Waals surface area contributed by atoms with E-state index >= 15 is 0 Å². The normalized spacial score (nSPS) is 13.3. The molecular formula is C10H20N4O2S. The Morgan fingerprint density at radius 2 is 2.12 bits per heavy atom. The van der Waals surface area contributed by atoms with Crippen molar-refractivity contribution < 1.29 is 8.42 Å². The van der Waals surface area contributed by atoms with Crippen molar-refractivity contribution in [2.75, 3.05) is 20.1 Å². The quantitative estimate of drug-likeness (QED) is 0.797. The maximum absolute atomic E-state index is 12.2. The van der Waals surface area contributed by atoms with Crippen LogP contribution in [-0.2, 0) is 10.0 Å². The van der Waals surface area contributed by atoms with Gasteiger partial charge in [0.2, 0.25) is 0 Å². The highest BCUT2D eigenvalue weighted by molar-refractivity contribution is 7.89. The first-order chi connectivity index (χ1) is 7.69. The number of nitrogens with one attached hydrogen (secondary N) is 1. The van der Waals surface area contributed by atoms with Crippen LogP contribution in [-0.4, -0.2) is 42.8 Å². The van der Waals surface area contributed by atoms with E-state index < -0.39 is 10.0 Å². The Morgan fingerprint density at radius 3 is 2.53 bits per heavy atom. The van der Waals surface area contributed by atoms with Crippen LogP contribution in [0.15, 0.2) is 11.2 Å². The first kappa shape index (κ1) is 14.1. The van der Waals surface area contributed by atoms with Gasteiger partial charge in [-0.05, 0) is 18.9 Å². The Hall–Kier alpha value is -0.920. The lowest BCUT2D eigenvalue weighted by atomic mass is 9.94. The number of aromatic nitrogens is 2. The van der Waals surface area contributed by atoms with Gasteiger partial charge in [0.1, 0.15) is 5.82 Å². The van der Waals surface area contributed by atoms with Gasteiger partial charge in [-0.15, -0.1) is 0 Å². The molecule has 0 amide bonds. The second kappa shape index (κ2) is 4.75. The molecule has 17 heavy (non-hydrogen) atoms. The van der Waals surface area contributed by atoms with Crippen LogP contribution < -0.4 is 5.73 Å². The molecule has 0 fully saturated rings. The smallest absolute Gasteiger partial charge is 0.259 e. The summed E-state index contributed by atoms with van der Waals surface area (Å²) in [5, 5.41) is 0.116. The summed E-state index contributed by atoms with van der Waals surface area (Å²) >= 11 is 0. The number of rotatable bonds is 5. The van der Waals surface area contributed by atoms with Gasteiger partial charge in [0.05, 0.1) is 6.20 Å². The van der Waals surface area contributed by atoms with Crippen molar-refractivity contribution in [3.8, 4) is 0 Å². The molecule has 3 N–H and O–H groups in total. The van der Waals surface area contributed by atoms with Gasteiger partial charge in [0, 0.05) is 13.6 Å². The Labute approximate surface area is 102 Å². The van der Waals surface area contributed by atoms with Gasteiger partial charge in [-0.25, -0.2) is 13.4 Å². The van der Waals surface area contributed by atoms with E-state index in [9.17, 15) is 8.42 Å². The van der Waals surface area contributed by atoms with Crippen LogP contribution in [0.25, 0.3) is 0 Å². The summed E-state index contributed by atoms with van der Waals surface area (Å²) in [6.07, 6.45) is 1.33. The third-order valence-electron chi connectivity index (χ3n) is 2.57. The van der Waals surface area contributed by atoms with E-state index in [0.29, 0.717) is 18.9 Å². The number of hydrogen-bond acceptors (Lipinski definition) is 4. The molecule has 0 unspecified atom stereocenters. The summed E-state index contributed by atoms with van der Waals surface area (Å²) in [7, 11) is -1.96. The zero-order valence-corrected chi connectivity index (χ0v) is 11.5. The molecule has 0 atom stereocenters. The third-order valence-corrected chi connectivity index (χ3v) is 4.28. The zero-order chi connectivity index (χ0) is 13.3. The predicted molar refractivity (Wildman–Crippen MR) is 66.0 cm³/mol. The number of aryl methyl sites for hydroxylation is 1. The maximum atomic E-state index is 12.2. The van der Waals surface area contributed by atoms with Crippen LogP contribution in [0.3, 0.4) is 0 Å². The minimum atomic E-state index is -3.50. The average Bonchev–Trinajstić information content (AvgIpc) is 2.64. The second-order valence-corrected chi connectivity index (χ2v) is 6.98. The summed E-state index contributed by atoms with van der Waals surface area (Å²) in [5.41, 5.74) is 5.35. The van der Waals surface area contributed by atoms with Crippen molar-refractivity contribution in [1.82, 2.24) is 14.3 Å². The van der Waals surface area contributed by atoms with Crippen molar-refractivity contribution in [2.24, 2.45) is 11.1 Å². The fraction of sp³-hybridized carbons (Fsp3) is 0.700. The Morgan fingerprint density at radius 1 is 1.53 bits per heavy atom. The van der Waals surface area contributed by atoms with Gasteiger partial charge in [0.15, 0.2) is 5.03 Å². The SMILES string of the molecule is Cc1ncc(S(=O)(=O)N(C)CC(C)(C)CN)[nH]1. The summed E-state index contributed by atoms with van der Waals surface area (Å²) in [6.45, 7) is 6.36. The van der Waals surface area contributed by atoms with E-state index in [0.717, 1.165) is 0 Å². The van der Waals surface area contributed by atoms with E-state index in [1.165, 1.54) is 10.5 Å². The van der Waals surface area contributed by atoms with E-state index in [2.05, 4.69) is 9.97 Å². The molecule has 0 bridgehead atoms. The molecule has 6 nitrogen and oxygen atoms in total. The monoisotopic (exact) mass is 260 g/mol. The van der Waals surface area contributed by atoms with Gasteiger partial charge in [-0.2, -0.15) is 4.31 Å². The Kier molecular flexibility index (Phi) is 3.95. The molecule has 1 heterocycles. The number of sulfonamides is 1. The van der Waals surface area contributed by atoms with Crippen LogP contribution in [0.5, 0.6) is 0 Å². The molecular weight excluding hydrogens is 240 g/mol. The summed E-state index contributed by atoms with van der Waals surface area (Å²) < 4.78 is 25.6. The highest BCUT2D eigenvalue weighted by Crippen LogP contribution is 2.19. The molecule has 1 rings (SSSR count). The molecule has 7 heteroatoms. The lowest BCUT2D eigenvalue weighted by Gasteiger charge is -2.27. The average molecular weight is 260 g/mol. The molecule has 0 aliphatic carbocycles. The first-order valence-electron chi connectivity index (χ1n) is 5.37. The van der Waals surface area contributed by atoms with E-state index in [4.69, 9.17) is 5.73 Å². The summed E-state index contributed by atoms with van der Waals surface area (Å²) in [5.74, 6) is 0.579. The van der Waals surface area contributed by atoms with Crippen molar-refractivity contribution in [2.45, 2.75) is 25.8 Å². The molecule has 0 aliphatic rings. The Balaban J connectivity index is 2.92. The Bertz CT molecular complexity index is 478. The minimum Gasteiger partial charge on any atom is -0.332 e. The standard InChI is InChI=1S/C10H20N4O2S/c1-8-12-5-9(13-8)17(15,16)14(4)7-10(2,3)6-11/h5H,6-7,11H2,1-4H3,(H,12,13). The van der Waals surface area contributed by atoms with Gasteiger partial charge in [0.25, 0.3) is 10.0 Å². The van der Waals surface area contributed by atoms with Crippen molar-refractivity contribution in [1.29, 1.82) is 0 Å². The van der Waals surface area contributed by atoms with Crippen LogP contribution in [0, 0.1) is 12.3 Å². The lowest BCUT2D eigenvalue weighted by Crippen LogP contribution is -2.39. The number of nitrogens with two attached hydrogens (primary N) is 1. The van der Waals surface area contributed by atoms with Gasteiger partial charge in [-0.3, -0.25) is 0 Å². The molecule has 0 aliphatic heterocycles. The molecule has 0 aromatic carbocycles. The summed E-state index contributed by atoms with van der Waals surface area (Å²) in [6, 6.07) is 0. The largest absolute Gasteiger partial charge is 0.332 e. The van der Waals surface area contributed by atoms with Gasteiger partial charge >= 0.3 is 0 Å². The van der Waals surface area contributed by atoms with Crippen LogP contribution >= 0.6 is 0 Å². The molecule has 98 valence electrons. The molecule has 1 aromatic rings. The van der Waals surface area contributed by atoms with Crippen LogP contribution in [0.4, 0.5) is 0 Å². The van der Waals surface area contributed by atoms with Crippen molar-refractivity contribution in [3.05, 3.63) is 12.0 Å². The maximum Gasteiger partial charge on any atom is 0.259 e. The number of imidazole rings is 1. The van der Waals surface area contributed by atoms with E-state index in [-0.39, 0.29) is 10.4 Å². The predicted octanol–water partition coefficient (Wildman–Crippen LogP) is 0.324. The molecule has 0 radical (unpaired) electrons.